The standard InChI is InChI=1S/C23H24O3/c1-3-4-5-9-23(25)26-20-13-12-17-14-19(11-10-18(17)15-20)21-7-6-8-22(24)16(21)2/h6-8,10-15,24H,3-5,9H2,1-2H3. The molecule has 0 spiro atoms. The van der Waals surface area contributed by atoms with Gasteiger partial charge in [-0.25, -0.2) is 0 Å². The number of phenolic OH excluding ortho intramolecular Hbond substituents is 1. The zero-order chi connectivity index (χ0) is 18.5. The Labute approximate surface area is 154 Å². The van der Waals surface area contributed by atoms with Crippen molar-refractivity contribution in [2.24, 2.45) is 0 Å². The van der Waals surface area contributed by atoms with Gasteiger partial charge in [-0.2, -0.15) is 0 Å². The number of aromatic hydroxyl groups is 1. The average Bonchev–Trinajstić information content (AvgIpc) is 2.64. The van der Waals surface area contributed by atoms with E-state index < -0.39 is 0 Å². The Morgan fingerprint density at radius 3 is 2.58 bits per heavy atom. The van der Waals surface area contributed by atoms with Crippen LogP contribution in [0, 0.1) is 6.92 Å². The Morgan fingerprint density at radius 1 is 1.00 bits per heavy atom. The van der Waals surface area contributed by atoms with Crippen molar-refractivity contribution in [3.8, 4) is 22.6 Å². The molecular formula is C23H24O3. The molecule has 3 aromatic rings. The molecule has 0 saturated carbocycles. The molecule has 0 radical (unpaired) electrons. The second-order valence-corrected chi connectivity index (χ2v) is 6.60. The normalized spacial score (nSPS) is 10.8. The van der Waals surface area contributed by atoms with Crippen LogP contribution in [0.1, 0.15) is 38.2 Å². The van der Waals surface area contributed by atoms with Crippen LogP contribution in [0.25, 0.3) is 21.9 Å². The number of hydrogen-bond donors (Lipinski definition) is 1. The van der Waals surface area contributed by atoms with Crippen molar-refractivity contribution in [3.05, 3.63) is 60.2 Å². The lowest BCUT2D eigenvalue weighted by molar-refractivity contribution is -0.134. The Balaban J connectivity index is 1.82. The molecular weight excluding hydrogens is 324 g/mol. The fourth-order valence-corrected chi connectivity index (χ4v) is 3.09. The minimum Gasteiger partial charge on any atom is -0.508 e. The van der Waals surface area contributed by atoms with Crippen LogP contribution in [0.5, 0.6) is 11.5 Å². The lowest BCUT2D eigenvalue weighted by atomic mass is 9.97. The molecule has 0 amide bonds. The number of rotatable bonds is 6. The first-order valence-electron chi connectivity index (χ1n) is 9.12. The molecule has 0 fully saturated rings. The maximum atomic E-state index is 11.9. The number of ether oxygens (including phenoxy) is 1. The first-order valence-corrected chi connectivity index (χ1v) is 9.12. The summed E-state index contributed by atoms with van der Waals surface area (Å²) >= 11 is 0. The zero-order valence-corrected chi connectivity index (χ0v) is 15.3. The summed E-state index contributed by atoms with van der Waals surface area (Å²) in [6.07, 6.45) is 3.46. The molecule has 0 aliphatic rings. The maximum absolute atomic E-state index is 11.9. The van der Waals surface area contributed by atoms with E-state index in [0.717, 1.165) is 46.7 Å². The van der Waals surface area contributed by atoms with E-state index in [9.17, 15) is 9.90 Å². The van der Waals surface area contributed by atoms with Crippen molar-refractivity contribution in [1.82, 2.24) is 0 Å². The van der Waals surface area contributed by atoms with Gasteiger partial charge in [-0.3, -0.25) is 4.79 Å². The lowest BCUT2D eigenvalue weighted by Gasteiger charge is -2.10. The van der Waals surface area contributed by atoms with E-state index in [1.807, 2.05) is 49.4 Å². The van der Waals surface area contributed by atoms with Crippen molar-refractivity contribution in [2.45, 2.75) is 39.5 Å². The van der Waals surface area contributed by atoms with E-state index in [1.165, 1.54) is 0 Å². The molecule has 0 aliphatic heterocycles. The largest absolute Gasteiger partial charge is 0.508 e. The van der Waals surface area contributed by atoms with Gasteiger partial charge in [0.1, 0.15) is 11.5 Å². The molecule has 0 atom stereocenters. The van der Waals surface area contributed by atoms with E-state index in [0.29, 0.717) is 17.9 Å². The number of esters is 1. The Morgan fingerprint density at radius 2 is 1.77 bits per heavy atom. The highest BCUT2D eigenvalue weighted by molar-refractivity contribution is 5.89. The molecule has 0 aromatic heterocycles. The summed E-state index contributed by atoms with van der Waals surface area (Å²) in [5.41, 5.74) is 2.93. The summed E-state index contributed by atoms with van der Waals surface area (Å²) < 4.78 is 5.45. The van der Waals surface area contributed by atoms with Gasteiger partial charge in [0.05, 0.1) is 0 Å². The van der Waals surface area contributed by atoms with Crippen LogP contribution in [0.4, 0.5) is 0 Å². The van der Waals surface area contributed by atoms with Gasteiger partial charge in [0.15, 0.2) is 0 Å². The van der Waals surface area contributed by atoms with E-state index in [4.69, 9.17) is 4.74 Å². The first kappa shape index (κ1) is 18.0. The van der Waals surface area contributed by atoms with Gasteiger partial charge in [0.25, 0.3) is 0 Å². The zero-order valence-electron chi connectivity index (χ0n) is 15.3. The van der Waals surface area contributed by atoms with Crippen molar-refractivity contribution >= 4 is 16.7 Å². The molecule has 26 heavy (non-hydrogen) atoms. The van der Waals surface area contributed by atoms with E-state index in [1.54, 1.807) is 6.07 Å². The van der Waals surface area contributed by atoms with Gasteiger partial charge in [-0.15, -0.1) is 0 Å². The van der Waals surface area contributed by atoms with Gasteiger partial charge >= 0.3 is 5.97 Å². The van der Waals surface area contributed by atoms with Crippen LogP contribution in [0.3, 0.4) is 0 Å². The van der Waals surface area contributed by atoms with Crippen LogP contribution in [-0.4, -0.2) is 11.1 Å². The van der Waals surface area contributed by atoms with Crippen LogP contribution < -0.4 is 4.74 Å². The predicted molar refractivity (Wildman–Crippen MR) is 106 cm³/mol. The van der Waals surface area contributed by atoms with Crippen molar-refractivity contribution in [3.63, 3.8) is 0 Å². The topological polar surface area (TPSA) is 46.5 Å². The van der Waals surface area contributed by atoms with Crippen LogP contribution in [0.15, 0.2) is 54.6 Å². The van der Waals surface area contributed by atoms with E-state index in [2.05, 4.69) is 13.0 Å². The third-order valence-electron chi connectivity index (χ3n) is 4.64. The summed E-state index contributed by atoms with van der Waals surface area (Å²) in [6.45, 7) is 4.02. The third kappa shape index (κ3) is 4.05. The van der Waals surface area contributed by atoms with Crippen molar-refractivity contribution in [2.75, 3.05) is 0 Å². The molecule has 1 N–H and O–H groups in total. The number of fused-ring (bicyclic) bond motifs is 1. The highest BCUT2D eigenvalue weighted by Gasteiger charge is 2.08. The first-order chi connectivity index (χ1) is 12.6. The van der Waals surface area contributed by atoms with Gasteiger partial charge in [0.2, 0.25) is 0 Å². The predicted octanol–water partition coefficient (Wildman–Crippen LogP) is 6.01. The summed E-state index contributed by atoms with van der Waals surface area (Å²) in [5.74, 6) is 0.707. The number of benzene rings is 3. The second-order valence-electron chi connectivity index (χ2n) is 6.60. The highest BCUT2D eigenvalue weighted by atomic mass is 16.5. The number of carbonyl (C=O) groups is 1. The fraction of sp³-hybridized carbons (Fsp3) is 0.261. The monoisotopic (exact) mass is 348 g/mol. The van der Waals surface area contributed by atoms with Crippen LogP contribution in [0.2, 0.25) is 0 Å². The molecule has 3 rings (SSSR count). The molecule has 3 nitrogen and oxygen atoms in total. The fourth-order valence-electron chi connectivity index (χ4n) is 3.09. The van der Waals surface area contributed by atoms with E-state index >= 15 is 0 Å². The van der Waals surface area contributed by atoms with Crippen molar-refractivity contribution < 1.29 is 14.6 Å². The Kier molecular flexibility index (Phi) is 5.57. The Hall–Kier alpha value is -2.81. The molecule has 0 unspecified atom stereocenters. The molecule has 3 aromatic carbocycles. The summed E-state index contributed by atoms with van der Waals surface area (Å²) in [7, 11) is 0. The number of hydrogen-bond acceptors (Lipinski definition) is 3. The smallest absolute Gasteiger partial charge is 0.311 e. The molecule has 0 heterocycles. The lowest BCUT2D eigenvalue weighted by Crippen LogP contribution is -2.07. The minimum absolute atomic E-state index is 0.176. The summed E-state index contributed by atoms with van der Waals surface area (Å²) in [4.78, 5) is 11.9. The highest BCUT2D eigenvalue weighted by Crippen LogP contribution is 2.32. The van der Waals surface area contributed by atoms with E-state index in [-0.39, 0.29) is 5.97 Å². The molecule has 0 bridgehead atoms. The number of carbonyl (C=O) groups excluding carboxylic acids is 1. The minimum atomic E-state index is -0.176. The number of unbranched alkanes of at least 4 members (excludes halogenated alkanes) is 2. The summed E-state index contributed by atoms with van der Waals surface area (Å²) in [6, 6.07) is 17.4. The quantitative estimate of drug-likeness (QED) is 0.337. The molecule has 3 heteroatoms. The van der Waals surface area contributed by atoms with Crippen LogP contribution >= 0.6 is 0 Å². The van der Waals surface area contributed by atoms with Gasteiger partial charge < -0.3 is 9.84 Å². The molecule has 134 valence electrons. The van der Waals surface area contributed by atoms with Crippen molar-refractivity contribution in [1.29, 1.82) is 0 Å². The SMILES string of the molecule is CCCCCC(=O)Oc1ccc2cc(-c3cccc(O)c3C)ccc2c1. The summed E-state index contributed by atoms with van der Waals surface area (Å²) in [5, 5.41) is 12.0. The van der Waals surface area contributed by atoms with Gasteiger partial charge in [0, 0.05) is 6.42 Å². The number of phenols is 1. The second kappa shape index (κ2) is 8.05. The molecule has 0 aliphatic carbocycles. The Bertz CT molecular complexity index is 928. The average molecular weight is 348 g/mol. The maximum Gasteiger partial charge on any atom is 0.311 e. The van der Waals surface area contributed by atoms with Gasteiger partial charge in [-0.1, -0.05) is 50.1 Å². The molecule has 0 saturated heterocycles. The van der Waals surface area contributed by atoms with Gasteiger partial charge in [-0.05, 0) is 65.1 Å². The van der Waals surface area contributed by atoms with Crippen LogP contribution in [-0.2, 0) is 4.79 Å². The third-order valence-corrected chi connectivity index (χ3v) is 4.64.